The van der Waals surface area contributed by atoms with Crippen LogP contribution in [0.25, 0.3) is 17.0 Å². The van der Waals surface area contributed by atoms with E-state index in [0.717, 1.165) is 5.56 Å². The van der Waals surface area contributed by atoms with Crippen LogP contribution >= 0.6 is 11.6 Å². The number of methoxy groups -OCH3 is 1. The molecule has 126 valence electrons. The number of rotatable bonds is 4. The van der Waals surface area contributed by atoms with E-state index in [1.165, 1.54) is 13.2 Å². The van der Waals surface area contributed by atoms with Crippen molar-refractivity contribution in [2.45, 2.75) is 0 Å². The molecule has 0 saturated heterocycles. The van der Waals surface area contributed by atoms with Crippen LogP contribution in [0.2, 0.25) is 5.02 Å². The summed E-state index contributed by atoms with van der Waals surface area (Å²) in [6, 6.07) is 14.5. The second-order valence-corrected chi connectivity index (χ2v) is 5.73. The van der Waals surface area contributed by atoms with E-state index < -0.39 is 5.97 Å². The predicted molar refractivity (Wildman–Crippen MR) is 98.8 cm³/mol. The average Bonchev–Trinajstić information content (AvgIpc) is 2.98. The first-order valence-electron chi connectivity index (χ1n) is 7.52. The minimum Gasteiger partial charge on any atom is -0.464 e. The highest BCUT2D eigenvalue weighted by atomic mass is 35.5. The van der Waals surface area contributed by atoms with E-state index in [4.69, 9.17) is 16.3 Å². The van der Waals surface area contributed by atoms with Gasteiger partial charge in [-0.05, 0) is 29.8 Å². The highest BCUT2D eigenvalue weighted by Crippen LogP contribution is 2.30. The van der Waals surface area contributed by atoms with Gasteiger partial charge in [-0.2, -0.15) is 0 Å². The number of nitrogens with one attached hydrogen (secondary N) is 2. The molecule has 1 aromatic heterocycles. The van der Waals surface area contributed by atoms with E-state index in [2.05, 4.69) is 10.3 Å². The first-order valence-corrected chi connectivity index (χ1v) is 7.90. The highest BCUT2D eigenvalue weighted by molar-refractivity contribution is 6.31. The van der Waals surface area contributed by atoms with Crippen LogP contribution in [0.4, 0.5) is 5.69 Å². The van der Waals surface area contributed by atoms with Gasteiger partial charge in [0.05, 0.1) is 12.8 Å². The summed E-state index contributed by atoms with van der Waals surface area (Å²) in [6.07, 6.45) is 3.09. The minimum atomic E-state index is -0.574. The second kappa shape index (κ2) is 7.23. The maximum Gasteiger partial charge on any atom is 0.356 e. The van der Waals surface area contributed by atoms with Crippen LogP contribution in [-0.4, -0.2) is 24.0 Å². The molecule has 6 heteroatoms. The van der Waals surface area contributed by atoms with Gasteiger partial charge in [-0.3, -0.25) is 4.79 Å². The van der Waals surface area contributed by atoms with E-state index in [1.54, 1.807) is 24.3 Å². The number of carbonyl (C=O) groups excluding carboxylic acids is 2. The van der Waals surface area contributed by atoms with Crippen LogP contribution in [0.1, 0.15) is 16.1 Å². The number of benzene rings is 2. The molecule has 0 radical (unpaired) electrons. The number of hydrogen-bond donors (Lipinski definition) is 2. The summed E-state index contributed by atoms with van der Waals surface area (Å²) < 4.78 is 4.78. The maximum atomic E-state index is 12.3. The van der Waals surface area contributed by atoms with E-state index in [-0.39, 0.29) is 11.6 Å². The number of anilines is 1. The molecule has 0 fully saturated rings. The Morgan fingerprint density at radius 3 is 2.64 bits per heavy atom. The highest BCUT2D eigenvalue weighted by Gasteiger charge is 2.19. The lowest BCUT2D eigenvalue weighted by atomic mass is 10.2. The zero-order valence-corrected chi connectivity index (χ0v) is 14.1. The van der Waals surface area contributed by atoms with Crippen molar-refractivity contribution in [3.63, 3.8) is 0 Å². The van der Waals surface area contributed by atoms with Gasteiger partial charge >= 0.3 is 5.97 Å². The van der Waals surface area contributed by atoms with Crippen molar-refractivity contribution in [1.29, 1.82) is 0 Å². The van der Waals surface area contributed by atoms with Gasteiger partial charge in [-0.1, -0.05) is 41.9 Å². The molecule has 25 heavy (non-hydrogen) atoms. The number of esters is 1. The second-order valence-electron chi connectivity index (χ2n) is 5.29. The topological polar surface area (TPSA) is 71.2 Å². The molecule has 0 aliphatic rings. The monoisotopic (exact) mass is 354 g/mol. The van der Waals surface area contributed by atoms with Gasteiger partial charge in [-0.15, -0.1) is 0 Å². The third-order valence-electron chi connectivity index (χ3n) is 3.63. The summed E-state index contributed by atoms with van der Waals surface area (Å²) in [5.74, 6) is -0.940. The number of H-pyrrole nitrogens is 1. The molecule has 0 aliphatic carbocycles. The van der Waals surface area contributed by atoms with Crippen LogP contribution in [0.3, 0.4) is 0 Å². The number of fused-ring (bicyclic) bond motifs is 1. The number of hydrogen-bond acceptors (Lipinski definition) is 3. The van der Waals surface area contributed by atoms with Gasteiger partial charge in [0.25, 0.3) is 0 Å². The van der Waals surface area contributed by atoms with Crippen molar-refractivity contribution in [2.75, 3.05) is 12.4 Å². The number of carbonyl (C=O) groups is 2. The van der Waals surface area contributed by atoms with Gasteiger partial charge in [0, 0.05) is 22.0 Å². The molecule has 3 rings (SSSR count). The Labute approximate surface area is 149 Å². The zero-order valence-electron chi connectivity index (χ0n) is 13.4. The number of aromatic amines is 1. The molecular formula is C19H15ClN2O3. The first-order chi connectivity index (χ1) is 12.1. The van der Waals surface area contributed by atoms with Crippen LogP contribution in [0.15, 0.2) is 54.6 Å². The van der Waals surface area contributed by atoms with Crippen molar-refractivity contribution in [2.24, 2.45) is 0 Å². The molecule has 0 saturated carbocycles. The Balaban J connectivity index is 1.93. The molecule has 1 amide bonds. The molecule has 5 nitrogen and oxygen atoms in total. The number of amides is 1. The Bertz CT molecular complexity index is 961. The molecule has 0 spiro atoms. The third-order valence-corrected chi connectivity index (χ3v) is 3.86. The molecule has 0 bridgehead atoms. The third kappa shape index (κ3) is 3.72. The molecule has 3 aromatic rings. The molecule has 0 atom stereocenters. The Morgan fingerprint density at radius 2 is 1.92 bits per heavy atom. The Hall–Kier alpha value is -3.05. The summed E-state index contributed by atoms with van der Waals surface area (Å²) in [5, 5.41) is 3.86. The molecule has 1 heterocycles. The van der Waals surface area contributed by atoms with Gasteiger partial charge in [-0.25, -0.2) is 4.79 Å². The molecule has 0 aliphatic heterocycles. The largest absolute Gasteiger partial charge is 0.464 e. The van der Waals surface area contributed by atoms with Gasteiger partial charge in [0.2, 0.25) is 5.91 Å². The summed E-state index contributed by atoms with van der Waals surface area (Å²) in [7, 11) is 1.28. The van der Waals surface area contributed by atoms with Crippen LogP contribution in [0, 0.1) is 0 Å². The molecule has 2 aromatic carbocycles. The maximum absolute atomic E-state index is 12.3. The van der Waals surface area contributed by atoms with Gasteiger partial charge in [0.1, 0.15) is 5.69 Å². The first kappa shape index (κ1) is 16.8. The lowest BCUT2D eigenvalue weighted by Crippen LogP contribution is -2.12. The van der Waals surface area contributed by atoms with Crippen LogP contribution in [0.5, 0.6) is 0 Å². The number of ether oxygens (including phenoxy) is 1. The van der Waals surface area contributed by atoms with Crippen molar-refractivity contribution in [1.82, 2.24) is 4.98 Å². The zero-order chi connectivity index (χ0) is 17.8. The van der Waals surface area contributed by atoms with Crippen molar-refractivity contribution < 1.29 is 14.3 Å². The lowest BCUT2D eigenvalue weighted by Gasteiger charge is -2.04. The Morgan fingerprint density at radius 1 is 1.16 bits per heavy atom. The van der Waals surface area contributed by atoms with Gasteiger partial charge < -0.3 is 15.0 Å². The fraction of sp³-hybridized carbons (Fsp3) is 0.0526. The fourth-order valence-electron chi connectivity index (χ4n) is 2.45. The fourth-order valence-corrected chi connectivity index (χ4v) is 2.62. The normalized spacial score (nSPS) is 11.0. The summed E-state index contributed by atoms with van der Waals surface area (Å²) >= 11 is 6.03. The van der Waals surface area contributed by atoms with Gasteiger partial charge in [0.15, 0.2) is 0 Å². The van der Waals surface area contributed by atoms with E-state index >= 15 is 0 Å². The SMILES string of the molecule is COC(=O)c1[nH]c2ccc(Cl)cc2c1NC(=O)C=Cc1ccccc1. The average molecular weight is 355 g/mol. The summed E-state index contributed by atoms with van der Waals surface area (Å²) in [4.78, 5) is 27.2. The predicted octanol–water partition coefficient (Wildman–Crippen LogP) is 4.26. The van der Waals surface area contributed by atoms with E-state index in [1.807, 2.05) is 30.3 Å². The van der Waals surface area contributed by atoms with Crippen LogP contribution in [-0.2, 0) is 9.53 Å². The molecular weight excluding hydrogens is 340 g/mol. The van der Waals surface area contributed by atoms with Crippen molar-refractivity contribution in [3.05, 3.63) is 70.9 Å². The summed E-state index contributed by atoms with van der Waals surface area (Å²) in [5.41, 5.74) is 2.08. The minimum absolute atomic E-state index is 0.168. The molecule has 0 unspecified atom stereocenters. The Kier molecular flexibility index (Phi) is 4.86. The standard InChI is InChI=1S/C19H15ClN2O3/c1-25-19(24)18-17(14-11-13(20)8-9-15(14)21-18)22-16(23)10-7-12-5-3-2-4-6-12/h2-11,21H,1H3,(H,22,23). The lowest BCUT2D eigenvalue weighted by molar-refractivity contribution is -0.111. The van der Waals surface area contributed by atoms with Crippen molar-refractivity contribution in [3.8, 4) is 0 Å². The molecule has 2 N–H and O–H groups in total. The van der Waals surface area contributed by atoms with Crippen molar-refractivity contribution >= 4 is 46.1 Å². The quantitative estimate of drug-likeness (QED) is 0.543. The van der Waals surface area contributed by atoms with E-state index in [9.17, 15) is 9.59 Å². The van der Waals surface area contributed by atoms with E-state index in [0.29, 0.717) is 21.6 Å². The summed E-state index contributed by atoms with van der Waals surface area (Å²) in [6.45, 7) is 0. The number of aromatic nitrogens is 1. The number of halogens is 1. The smallest absolute Gasteiger partial charge is 0.356 e. The van der Waals surface area contributed by atoms with Crippen LogP contribution < -0.4 is 5.32 Å².